The molecule has 0 radical (unpaired) electrons. The number of carbonyl (C=O) groups excluding carboxylic acids is 2. The standard InChI is InChI=1S/C10H6N2O5/c1-17-10(14)9-7(4-11)2-6(5-13)3-8(9)12(15)16/h2-3,5H,1H3. The van der Waals surface area contributed by atoms with Crippen LogP contribution in [0.5, 0.6) is 0 Å². The minimum Gasteiger partial charge on any atom is -0.465 e. The molecule has 0 aromatic heterocycles. The van der Waals surface area contributed by atoms with Gasteiger partial charge in [-0.15, -0.1) is 0 Å². The van der Waals surface area contributed by atoms with Crippen LogP contribution in [0, 0.1) is 21.4 Å². The van der Waals surface area contributed by atoms with Crippen molar-refractivity contribution in [2.45, 2.75) is 0 Å². The number of nitro benzene ring substituents is 1. The number of hydrogen-bond donors (Lipinski definition) is 0. The molecule has 86 valence electrons. The predicted molar refractivity (Wildman–Crippen MR) is 54.5 cm³/mol. The third-order valence-corrected chi connectivity index (χ3v) is 1.98. The van der Waals surface area contributed by atoms with E-state index in [0.717, 1.165) is 19.2 Å². The van der Waals surface area contributed by atoms with E-state index < -0.39 is 22.1 Å². The predicted octanol–water partition coefficient (Wildman–Crippen LogP) is 1.07. The highest BCUT2D eigenvalue weighted by Crippen LogP contribution is 2.24. The quantitative estimate of drug-likeness (QED) is 0.334. The van der Waals surface area contributed by atoms with Crippen LogP contribution in [0.4, 0.5) is 5.69 Å². The molecule has 0 saturated carbocycles. The second kappa shape index (κ2) is 4.85. The summed E-state index contributed by atoms with van der Waals surface area (Å²) >= 11 is 0. The number of hydrogen-bond acceptors (Lipinski definition) is 6. The highest BCUT2D eigenvalue weighted by atomic mass is 16.6. The summed E-state index contributed by atoms with van der Waals surface area (Å²) in [6.45, 7) is 0. The number of aldehydes is 1. The van der Waals surface area contributed by atoms with Crippen molar-refractivity contribution in [2.24, 2.45) is 0 Å². The fraction of sp³-hybridized carbons (Fsp3) is 0.100. The molecule has 7 nitrogen and oxygen atoms in total. The molecule has 0 saturated heterocycles. The van der Waals surface area contributed by atoms with Crippen molar-refractivity contribution in [3.05, 3.63) is 38.9 Å². The summed E-state index contributed by atoms with van der Waals surface area (Å²) in [5.74, 6) is -0.995. The van der Waals surface area contributed by atoms with Crippen molar-refractivity contribution in [1.29, 1.82) is 5.26 Å². The molecule has 0 heterocycles. The first-order valence-electron chi connectivity index (χ1n) is 4.31. The van der Waals surface area contributed by atoms with Crippen LogP contribution < -0.4 is 0 Å². The third kappa shape index (κ3) is 2.26. The van der Waals surface area contributed by atoms with E-state index in [1.54, 1.807) is 6.07 Å². The molecular weight excluding hydrogens is 228 g/mol. The Balaban J connectivity index is 3.65. The Labute approximate surface area is 95.4 Å². The van der Waals surface area contributed by atoms with Gasteiger partial charge in [-0.25, -0.2) is 4.79 Å². The molecule has 1 aromatic carbocycles. The van der Waals surface area contributed by atoms with Crippen LogP contribution in [0.15, 0.2) is 12.1 Å². The molecule has 1 rings (SSSR count). The van der Waals surface area contributed by atoms with Crippen LogP contribution in [0.25, 0.3) is 0 Å². The van der Waals surface area contributed by atoms with Gasteiger partial charge in [0.25, 0.3) is 5.69 Å². The summed E-state index contributed by atoms with van der Waals surface area (Å²) in [5, 5.41) is 19.5. The molecule has 17 heavy (non-hydrogen) atoms. The van der Waals surface area contributed by atoms with Crippen molar-refractivity contribution in [3.63, 3.8) is 0 Å². The van der Waals surface area contributed by atoms with Gasteiger partial charge in [0.05, 0.1) is 17.6 Å². The van der Waals surface area contributed by atoms with Crippen LogP contribution in [0.2, 0.25) is 0 Å². The van der Waals surface area contributed by atoms with E-state index in [0.29, 0.717) is 6.29 Å². The number of benzene rings is 1. The Morgan fingerprint density at radius 1 is 1.59 bits per heavy atom. The number of nitrogens with zero attached hydrogens (tertiary/aromatic N) is 2. The lowest BCUT2D eigenvalue weighted by Gasteiger charge is -2.03. The van der Waals surface area contributed by atoms with E-state index in [2.05, 4.69) is 4.74 Å². The van der Waals surface area contributed by atoms with Gasteiger partial charge in [0.2, 0.25) is 0 Å². The van der Waals surface area contributed by atoms with Crippen molar-refractivity contribution < 1.29 is 19.2 Å². The average molecular weight is 234 g/mol. The van der Waals surface area contributed by atoms with Gasteiger partial charge in [-0.2, -0.15) is 5.26 Å². The summed E-state index contributed by atoms with van der Waals surface area (Å²) in [5.41, 5.74) is -1.40. The molecule has 7 heteroatoms. The van der Waals surface area contributed by atoms with Crippen LogP contribution >= 0.6 is 0 Å². The van der Waals surface area contributed by atoms with Crippen molar-refractivity contribution in [3.8, 4) is 6.07 Å². The van der Waals surface area contributed by atoms with Gasteiger partial charge in [-0.05, 0) is 6.07 Å². The van der Waals surface area contributed by atoms with Gasteiger partial charge in [-0.1, -0.05) is 0 Å². The van der Waals surface area contributed by atoms with Crippen molar-refractivity contribution >= 4 is 17.9 Å². The molecular formula is C10H6N2O5. The number of esters is 1. The number of methoxy groups -OCH3 is 1. The lowest BCUT2D eigenvalue weighted by Crippen LogP contribution is -2.09. The Morgan fingerprint density at radius 3 is 2.65 bits per heavy atom. The van der Waals surface area contributed by atoms with E-state index in [-0.39, 0.29) is 11.1 Å². The highest BCUT2D eigenvalue weighted by Gasteiger charge is 2.26. The average Bonchev–Trinajstić information content (AvgIpc) is 2.35. The van der Waals surface area contributed by atoms with Gasteiger partial charge in [0.15, 0.2) is 5.56 Å². The zero-order valence-corrected chi connectivity index (χ0v) is 8.67. The first-order valence-corrected chi connectivity index (χ1v) is 4.31. The Bertz CT molecular complexity index is 544. The third-order valence-electron chi connectivity index (χ3n) is 1.98. The summed E-state index contributed by atoms with van der Waals surface area (Å²) in [7, 11) is 1.04. The van der Waals surface area contributed by atoms with E-state index in [1.807, 2.05) is 0 Å². The number of nitriles is 1. The normalized spacial score (nSPS) is 9.18. The molecule has 0 aliphatic heterocycles. The summed E-state index contributed by atoms with van der Waals surface area (Å²) in [6.07, 6.45) is 0.356. The molecule has 0 aliphatic carbocycles. The minimum absolute atomic E-state index is 0.0547. The van der Waals surface area contributed by atoms with E-state index in [4.69, 9.17) is 5.26 Å². The largest absolute Gasteiger partial charge is 0.465 e. The highest BCUT2D eigenvalue weighted by molar-refractivity contribution is 5.98. The molecule has 0 N–H and O–H groups in total. The van der Waals surface area contributed by atoms with E-state index >= 15 is 0 Å². The first kappa shape index (κ1) is 12.3. The zero-order chi connectivity index (χ0) is 13.0. The summed E-state index contributed by atoms with van der Waals surface area (Å²) in [6, 6.07) is 3.62. The maximum absolute atomic E-state index is 11.4. The molecule has 0 spiro atoms. The topological polar surface area (TPSA) is 110 Å². The first-order chi connectivity index (χ1) is 8.04. The maximum atomic E-state index is 11.4. The fourth-order valence-electron chi connectivity index (χ4n) is 1.27. The van der Waals surface area contributed by atoms with Gasteiger partial charge in [0.1, 0.15) is 12.4 Å². The Morgan fingerprint density at radius 2 is 2.24 bits per heavy atom. The smallest absolute Gasteiger partial charge is 0.346 e. The number of ether oxygens (including phenoxy) is 1. The molecule has 0 aliphatic rings. The van der Waals surface area contributed by atoms with E-state index in [9.17, 15) is 19.7 Å². The fourth-order valence-corrected chi connectivity index (χ4v) is 1.27. The van der Waals surface area contributed by atoms with Crippen molar-refractivity contribution in [2.75, 3.05) is 7.11 Å². The molecule has 1 aromatic rings. The summed E-state index contributed by atoms with van der Waals surface area (Å²) < 4.78 is 4.36. The molecule has 0 atom stereocenters. The second-order valence-corrected chi connectivity index (χ2v) is 2.94. The van der Waals surface area contributed by atoms with Gasteiger partial charge >= 0.3 is 5.97 Å². The summed E-state index contributed by atoms with van der Waals surface area (Å²) in [4.78, 5) is 31.8. The number of carbonyl (C=O) groups is 2. The van der Waals surface area contributed by atoms with Gasteiger partial charge in [0, 0.05) is 11.6 Å². The van der Waals surface area contributed by atoms with Gasteiger partial charge < -0.3 is 4.74 Å². The molecule has 0 unspecified atom stereocenters. The minimum atomic E-state index is -0.995. The Kier molecular flexibility index (Phi) is 3.51. The van der Waals surface area contributed by atoms with Crippen LogP contribution in [0.3, 0.4) is 0 Å². The Hall–Kier alpha value is -2.75. The molecule has 0 fully saturated rings. The SMILES string of the molecule is COC(=O)c1c(C#N)cc(C=O)cc1[N+](=O)[O-]. The maximum Gasteiger partial charge on any atom is 0.346 e. The second-order valence-electron chi connectivity index (χ2n) is 2.94. The number of nitro groups is 1. The van der Waals surface area contributed by atoms with Crippen LogP contribution in [0.1, 0.15) is 26.3 Å². The van der Waals surface area contributed by atoms with Crippen molar-refractivity contribution in [1.82, 2.24) is 0 Å². The lowest BCUT2D eigenvalue weighted by molar-refractivity contribution is -0.385. The molecule has 0 amide bonds. The monoisotopic (exact) mass is 234 g/mol. The number of rotatable bonds is 3. The van der Waals surface area contributed by atoms with Crippen LogP contribution in [-0.2, 0) is 4.74 Å². The van der Waals surface area contributed by atoms with E-state index in [1.165, 1.54) is 0 Å². The van der Waals surface area contributed by atoms with Gasteiger partial charge in [-0.3, -0.25) is 14.9 Å². The lowest BCUT2D eigenvalue weighted by atomic mass is 10.0. The van der Waals surface area contributed by atoms with Crippen LogP contribution in [-0.4, -0.2) is 24.3 Å². The zero-order valence-electron chi connectivity index (χ0n) is 8.67. The molecule has 0 bridgehead atoms.